The molecule has 48 heavy (non-hydrogen) atoms. The van der Waals surface area contributed by atoms with E-state index < -0.39 is 35.7 Å². The molecule has 13 heteroatoms. The van der Waals surface area contributed by atoms with E-state index in [0.29, 0.717) is 11.5 Å². The Morgan fingerprint density at radius 3 is 2.58 bits per heavy atom. The molecule has 4 N–H and O–H groups in total. The van der Waals surface area contributed by atoms with Crippen LogP contribution in [-0.2, 0) is 26.2 Å². The lowest BCUT2D eigenvalue weighted by atomic mass is 9.72. The maximum Gasteiger partial charge on any atom is 0.360 e. The zero-order chi connectivity index (χ0) is 33.9. The zero-order valence-electron chi connectivity index (χ0n) is 27.5. The number of carbonyl (C=O) groups excluding carboxylic acids is 3. The minimum absolute atomic E-state index is 0.00402. The van der Waals surface area contributed by atoms with Crippen molar-refractivity contribution in [1.29, 1.82) is 0 Å². The highest BCUT2D eigenvalue weighted by Crippen LogP contribution is 2.59. The van der Waals surface area contributed by atoms with Crippen LogP contribution < -0.4 is 26.0 Å². The number of likely N-dealkylation sites (N-methyl/N-ethyl adjacent to an activating group) is 1. The number of nitrogens with one attached hydrogen (secondary N) is 4. The van der Waals surface area contributed by atoms with E-state index in [4.69, 9.17) is 23.3 Å². The maximum atomic E-state index is 14.1. The molecular weight excluding hydrogens is 616 g/mol. The van der Waals surface area contributed by atoms with Crippen molar-refractivity contribution in [1.82, 2.24) is 25.9 Å². The fraction of sp³-hybridized carbons (Fsp3) is 0.400. The number of carbonyl (C=O) groups is 3. The lowest BCUT2D eigenvalue weighted by Gasteiger charge is -2.29. The predicted octanol–water partition coefficient (Wildman–Crippen LogP) is 3.69. The number of amides is 2. The average molecular weight is 655 g/mol. The third kappa shape index (κ3) is 4.83. The van der Waals surface area contributed by atoms with Gasteiger partial charge in [-0.05, 0) is 42.1 Å². The Hall–Kier alpha value is -5.17. The number of aromatic nitrogens is 2. The summed E-state index contributed by atoms with van der Waals surface area (Å²) < 4.78 is 24.1. The van der Waals surface area contributed by atoms with E-state index in [2.05, 4.69) is 26.3 Å². The monoisotopic (exact) mass is 654 g/mol. The molecule has 5 heterocycles. The molecule has 0 saturated carbocycles. The Balaban J connectivity index is 1.46. The first-order chi connectivity index (χ1) is 23.1. The van der Waals surface area contributed by atoms with Crippen LogP contribution in [0.3, 0.4) is 0 Å². The molecule has 250 valence electrons. The summed E-state index contributed by atoms with van der Waals surface area (Å²) in [6.07, 6.45) is 0.801. The van der Waals surface area contributed by atoms with E-state index in [0.717, 1.165) is 22.4 Å². The minimum atomic E-state index is -1.07. The molecule has 2 aromatic carbocycles. The molecule has 0 aliphatic carbocycles. The lowest BCUT2D eigenvalue weighted by molar-refractivity contribution is -0.131. The smallest absolute Gasteiger partial charge is 0.360 e. The van der Waals surface area contributed by atoms with E-state index in [9.17, 15) is 14.4 Å². The summed E-state index contributed by atoms with van der Waals surface area (Å²) in [6.45, 7) is 7.77. The molecule has 0 fully saturated rings. The second-order valence-corrected chi connectivity index (χ2v) is 13.1. The van der Waals surface area contributed by atoms with Gasteiger partial charge in [-0.15, -0.1) is 0 Å². The lowest BCUT2D eigenvalue weighted by Crippen LogP contribution is -2.55. The standard InChI is InChI=1S/C35H38N6O7/c1-16(2)25(36-5)30(43)37-22-14-18-11-12-24-20(13-18)35(19-9-7-8-10-21(19)39-34(35)47-24)28-27(31-38-23(15-46-31)33(44)45-6)41-32(48-28)26(17(3)4)40-29(22)42/h7-13,15-17,22,25-26,34,36,39H,14H2,1-6H3,(H,37,43)(H,40,42)/t22-,25?,26-,34?,35-/m0/s1. The number of methoxy groups -OCH3 is 1. The van der Waals surface area contributed by atoms with Crippen molar-refractivity contribution in [2.75, 3.05) is 19.5 Å². The van der Waals surface area contributed by atoms with Crippen LogP contribution in [0.5, 0.6) is 5.75 Å². The molecule has 3 aliphatic heterocycles. The largest absolute Gasteiger partial charge is 0.469 e. The summed E-state index contributed by atoms with van der Waals surface area (Å²) >= 11 is 0. The topological polar surface area (TPSA) is 170 Å². The van der Waals surface area contributed by atoms with Crippen molar-refractivity contribution in [2.24, 2.45) is 11.8 Å². The molecule has 2 aromatic heterocycles. The molecule has 5 atom stereocenters. The summed E-state index contributed by atoms with van der Waals surface area (Å²) in [4.78, 5) is 49.3. The fourth-order valence-corrected chi connectivity index (χ4v) is 7.06. The minimum Gasteiger partial charge on any atom is -0.469 e. The van der Waals surface area contributed by atoms with Gasteiger partial charge < -0.3 is 39.6 Å². The summed E-state index contributed by atoms with van der Waals surface area (Å²) in [5.41, 5.74) is 2.48. The van der Waals surface area contributed by atoms with Gasteiger partial charge in [-0.25, -0.2) is 14.8 Å². The Morgan fingerprint density at radius 1 is 1.06 bits per heavy atom. The number of benzene rings is 2. The van der Waals surface area contributed by atoms with Crippen LogP contribution in [0.4, 0.5) is 5.69 Å². The van der Waals surface area contributed by atoms with Crippen LogP contribution in [0, 0.1) is 11.8 Å². The summed E-state index contributed by atoms with van der Waals surface area (Å²) in [5, 5.41) is 12.7. The number of hydrogen-bond donors (Lipinski definition) is 4. The Labute approximate surface area is 277 Å². The predicted molar refractivity (Wildman–Crippen MR) is 173 cm³/mol. The number of hydrogen-bond acceptors (Lipinski definition) is 11. The van der Waals surface area contributed by atoms with Crippen molar-refractivity contribution in [3.63, 3.8) is 0 Å². The van der Waals surface area contributed by atoms with Crippen LogP contribution in [0.15, 0.2) is 57.6 Å². The SMILES string of the molecule is CNC(C(=O)N[C@H]1Cc2ccc3c(c2)[C@@]2(c4ccccc4NC2O3)c2oc(nc2-c2nc(C(=O)OC)co2)[C@H](C(C)C)NC1=O)C(C)C. The molecule has 1 spiro atoms. The molecule has 4 bridgehead atoms. The highest BCUT2D eigenvalue weighted by Gasteiger charge is 2.61. The number of rotatable bonds is 7. The zero-order valence-corrected chi connectivity index (χ0v) is 27.5. The van der Waals surface area contributed by atoms with Crippen LogP contribution >= 0.6 is 0 Å². The fourth-order valence-electron chi connectivity index (χ4n) is 7.06. The van der Waals surface area contributed by atoms with Crippen LogP contribution in [-0.4, -0.2) is 60.2 Å². The third-order valence-corrected chi connectivity index (χ3v) is 9.41. The van der Waals surface area contributed by atoms with Crippen molar-refractivity contribution in [3.05, 3.63) is 82.8 Å². The Bertz CT molecular complexity index is 1910. The number of fused-ring (bicyclic) bond motifs is 4. The third-order valence-electron chi connectivity index (χ3n) is 9.41. The molecule has 3 aliphatic rings. The Morgan fingerprint density at radius 2 is 1.85 bits per heavy atom. The number of esters is 1. The first kappa shape index (κ1) is 31.4. The van der Waals surface area contributed by atoms with E-state index in [1.54, 1.807) is 7.05 Å². The van der Waals surface area contributed by atoms with Crippen molar-refractivity contribution < 1.29 is 32.7 Å². The average Bonchev–Trinajstić information content (AvgIpc) is 3.83. The number of nitrogens with zero attached hydrogens (tertiary/aromatic N) is 2. The van der Waals surface area contributed by atoms with E-state index in [1.807, 2.05) is 70.2 Å². The number of ether oxygens (including phenoxy) is 2. The molecule has 0 saturated heterocycles. The van der Waals surface area contributed by atoms with Gasteiger partial charge in [-0.2, -0.15) is 0 Å². The summed E-state index contributed by atoms with van der Waals surface area (Å²) in [5.74, 6) is -0.251. The van der Waals surface area contributed by atoms with Gasteiger partial charge in [0.1, 0.15) is 29.5 Å². The van der Waals surface area contributed by atoms with Gasteiger partial charge in [0.25, 0.3) is 0 Å². The van der Waals surface area contributed by atoms with Gasteiger partial charge in [0.2, 0.25) is 23.6 Å². The molecule has 13 nitrogen and oxygen atoms in total. The van der Waals surface area contributed by atoms with Gasteiger partial charge in [0.15, 0.2) is 23.4 Å². The molecular formula is C35H38N6O7. The molecule has 4 aromatic rings. The highest BCUT2D eigenvalue weighted by atomic mass is 16.5. The second-order valence-electron chi connectivity index (χ2n) is 13.1. The molecule has 2 unspecified atom stereocenters. The number of para-hydroxylation sites is 1. The van der Waals surface area contributed by atoms with Gasteiger partial charge in [-0.3, -0.25) is 9.59 Å². The molecule has 7 rings (SSSR count). The maximum absolute atomic E-state index is 14.1. The summed E-state index contributed by atoms with van der Waals surface area (Å²) in [6, 6.07) is 11.5. The van der Waals surface area contributed by atoms with E-state index >= 15 is 0 Å². The van der Waals surface area contributed by atoms with Crippen molar-refractivity contribution in [2.45, 2.75) is 63.9 Å². The van der Waals surface area contributed by atoms with Gasteiger partial charge in [0.05, 0.1) is 13.2 Å². The summed E-state index contributed by atoms with van der Waals surface area (Å²) in [7, 11) is 2.99. The van der Waals surface area contributed by atoms with Crippen molar-refractivity contribution >= 4 is 23.5 Å². The highest BCUT2D eigenvalue weighted by molar-refractivity contribution is 5.90. The first-order valence-corrected chi connectivity index (χ1v) is 16.1. The van der Waals surface area contributed by atoms with Gasteiger partial charge in [0, 0.05) is 17.7 Å². The van der Waals surface area contributed by atoms with Crippen LogP contribution in [0.25, 0.3) is 11.6 Å². The Kier molecular flexibility index (Phi) is 7.74. The van der Waals surface area contributed by atoms with Crippen LogP contribution in [0.2, 0.25) is 0 Å². The van der Waals surface area contributed by atoms with Crippen molar-refractivity contribution in [3.8, 4) is 17.3 Å². The molecule has 2 amide bonds. The van der Waals surface area contributed by atoms with Crippen LogP contribution in [0.1, 0.15) is 72.6 Å². The van der Waals surface area contributed by atoms with E-state index in [-0.39, 0.29) is 53.2 Å². The quantitative estimate of drug-likeness (QED) is 0.214. The molecule has 0 radical (unpaired) electrons. The number of anilines is 1. The van der Waals surface area contributed by atoms with Gasteiger partial charge >= 0.3 is 5.97 Å². The second kappa shape index (κ2) is 11.8. The normalized spacial score (nSPS) is 22.8. The first-order valence-electron chi connectivity index (χ1n) is 16.1. The van der Waals surface area contributed by atoms with Gasteiger partial charge in [-0.1, -0.05) is 58.0 Å². The number of oxazole rings is 2. The van der Waals surface area contributed by atoms with E-state index in [1.165, 1.54) is 13.4 Å².